The summed E-state index contributed by atoms with van der Waals surface area (Å²) in [4.78, 5) is 12.5. The maximum Gasteiger partial charge on any atom is 0.251 e. The minimum Gasteiger partial charge on any atom is -0.491 e. The highest BCUT2D eigenvalue weighted by molar-refractivity contribution is 7.89. The van der Waals surface area contributed by atoms with Gasteiger partial charge in [-0.2, -0.15) is 4.31 Å². The number of carbonyl (C=O) groups excluding carboxylic acids is 1. The van der Waals surface area contributed by atoms with E-state index in [2.05, 4.69) is 5.32 Å². The van der Waals surface area contributed by atoms with Crippen LogP contribution in [0.25, 0.3) is 0 Å². The topological polar surface area (TPSA) is 105 Å². The van der Waals surface area contributed by atoms with Crippen molar-refractivity contribution < 1.29 is 27.8 Å². The van der Waals surface area contributed by atoms with Crippen molar-refractivity contribution in [2.75, 3.05) is 39.5 Å². The van der Waals surface area contributed by atoms with Gasteiger partial charge >= 0.3 is 0 Å². The van der Waals surface area contributed by atoms with E-state index in [1.807, 2.05) is 25.1 Å². The molecule has 1 heterocycles. The Kier molecular flexibility index (Phi) is 7.43. The number of aliphatic hydroxyl groups excluding tert-OH is 1. The maximum atomic E-state index is 12.8. The predicted molar refractivity (Wildman–Crippen MR) is 111 cm³/mol. The van der Waals surface area contributed by atoms with Crippen LogP contribution in [0.2, 0.25) is 0 Å². The smallest absolute Gasteiger partial charge is 0.251 e. The van der Waals surface area contributed by atoms with Crippen LogP contribution in [0, 0.1) is 6.92 Å². The summed E-state index contributed by atoms with van der Waals surface area (Å²) < 4.78 is 37.6. The highest BCUT2D eigenvalue weighted by Crippen LogP contribution is 2.18. The van der Waals surface area contributed by atoms with Gasteiger partial charge in [-0.3, -0.25) is 4.79 Å². The molecule has 1 unspecified atom stereocenters. The first-order valence-corrected chi connectivity index (χ1v) is 11.1. The second kappa shape index (κ2) is 10.0. The Hall–Kier alpha value is -2.46. The average Bonchev–Trinajstić information content (AvgIpc) is 2.77. The lowest BCUT2D eigenvalue weighted by Gasteiger charge is -2.26. The van der Waals surface area contributed by atoms with E-state index in [4.69, 9.17) is 9.47 Å². The van der Waals surface area contributed by atoms with Gasteiger partial charge in [0, 0.05) is 25.2 Å². The van der Waals surface area contributed by atoms with Crippen LogP contribution >= 0.6 is 0 Å². The Labute approximate surface area is 176 Å². The number of amides is 1. The Bertz CT molecular complexity index is 973. The summed E-state index contributed by atoms with van der Waals surface area (Å²) in [6.45, 7) is 3.21. The SMILES string of the molecule is Cc1cccc(OCC(O)CNC(=O)c2cccc(S(=O)(=O)N3CCOCC3)c2)c1. The van der Waals surface area contributed by atoms with Gasteiger partial charge in [-0.1, -0.05) is 18.2 Å². The second-order valence-corrected chi connectivity index (χ2v) is 8.97. The summed E-state index contributed by atoms with van der Waals surface area (Å²) in [5.74, 6) is 0.171. The molecule has 0 aromatic heterocycles. The normalized spacial score (nSPS) is 16.1. The predicted octanol–water partition coefficient (Wildman–Crippen LogP) is 1.19. The summed E-state index contributed by atoms with van der Waals surface area (Å²) in [5.41, 5.74) is 1.25. The number of aryl methyl sites for hydroxylation is 1. The van der Waals surface area contributed by atoms with Gasteiger partial charge in [0.2, 0.25) is 10.0 Å². The molecule has 1 aliphatic heterocycles. The number of sulfonamides is 1. The molecule has 162 valence electrons. The number of morpholine rings is 1. The Balaban J connectivity index is 1.56. The zero-order chi connectivity index (χ0) is 21.6. The van der Waals surface area contributed by atoms with Crippen molar-refractivity contribution >= 4 is 15.9 Å². The largest absolute Gasteiger partial charge is 0.491 e. The number of hydrogen-bond donors (Lipinski definition) is 2. The fourth-order valence-corrected chi connectivity index (χ4v) is 4.46. The van der Waals surface area contributed by atoms with E-state index in [-0.39, 0.29) is 36.7 Å². The molecule has 1 aliphatic rings. The van der Waals surface area contributed by atoms with Crippen LogP contribution < -0.4 is 10.1 Å². The van der Waals surface area contributed by atoms with Gasteiger partial charge in [-0.25, -0.2) is 8.42 Å². The van der Waals surface area contributed by atoms with Gasteiger partial charge in [-0.15, -0.1) is 0 Å². The molecule has 0 radical (unpaired) electrons. The number of benzene rings is 2. The highest BCUT2D eigenvalue weighted by Gasteiger charge is 2.26. The van der Waals surface area contributed by atoms with E-state index in [1.165, 1.54) is 28.6 Å². The van der Waals surface area contributed by atoms with Crippen molar-refractivity contribution in [3.05, 3.63) is 59.7 Å². The Morgan fingerprint density at radius 3 is 2.67 bits per heavy atom. The van der Waals surface area contributed by atoms with E-state index in [0.717, 1.165) is 5.56 Å². The number of rotatable bonds is 8. The van der Waals surface area contributed by atoms with Crippen molar-refractivity contribution in [3.63, 3.8) is 0 Å². The Morgan fingerprint density at radius 2 is 1.93 bits per heavy atom. The molecule has 0 saturated carbocycles. The first kappa shape index (κ1) is 22.2. The molecule has 3 rings (SSSR count). The third-order valence-electron chi connectivity index (χ3n) is 4.63. The molecule has 0 aliphatic carbocycles. The zero-order valence-corrected chi connectivity index (χ0v) is 17.6. The first-order valence-electron chi connectivity index (χ1n) is 9.70. The van der Waals surface area contributed by atoms with Gasteiger partial charge < -0.3 is 19.9 Å². The van der Waals surface area contributed by atoms with Crippen LogP contribution in [0.3, 0.4) is 0 Å². The van der Waals surface area contributed by atoms with Gasteiger partial charge in [0.1, 0.15) is 18.5 Å². The third kappa shape index (κ3) is 5.79. The standard InChI is InChI=1S/C21H26N2O6S/c1-16-4-2-6-19(12-16)29-15-18(24)14-22-21(25)17-5-3-7-20(13-17)30(26,27)23-8-10-28-11-9-23/h2-7,12-13,18,24H,8-11,14-15H2,1H3,(H,22,25). The molecule has 8 nitrogen and oxygen atoms in total. The average molecular weight is 435 g/mol. The van der Waals surface area contributed by atoms with Crippen LogP contribution in [0.5, 0.6) is 5.75 Å². The number of hydrogen-bond acceptors (Lipinski definition) is 6. The van der Waals surface area contributed by atoms with Crippen LogP contribution in [-0.2, 0) is 14.8 Å². The molecule has 1 saturated heterocycles. The molecule has 0 bridgehead atoms. The monoisotopic (exact) mass is 434 g/mol. The summed E-state index contributed by atoms with van der Waals surface area (Å²) in [6, 6.07) is 13.3. The lowest BCUT2D eigenvalue weighted by molar-refractivity contribution is 0.0730. The molecule has 1 amide bonds. The summed E-state index contributed by atoms with van der Waals surface area (Å²) in [7, 11) is -3.69. The van der Waals surface area contributed by atoms with Gasteiger partial charge in [-0.05, 0) is 42.8 Å². The van der Waals surface area contributed by atoms with Crippen molar-refractivity contribution in [1.82, 2.24) is 9.62 Å². The number of aliphatic hydroxyl groups is 1. The number of carbonyl (C=O) groups is 1. The second-order valence-electron chi connectivity index (χ2n) is 7.04. The molecule has 2 aromatic rings. The summed E-state index contributed by atoms with van der Waals surface area (Å²) in [5, 5.41) is 12.7. The van der Waals surface area contributed by atoms with E-state index in [0.29, 0.717) is 19.0 Å². The van der Waals surface area contributed by atoms with Gasteiger partial charge in [0.25, 0.3) is 5.91 Å². The Morgan fingerprint density at radius 1 is 1.20 bits per heavy atom. The first-order chi connectivity index (χ1) is 14.4. The van der Waals surface area contributed by atoms with Crippen molar-refractivity contribution in [2.45, 2.75) is 17.9 Å². The quantitative estimate of drug-likeness (QED) is 0.647. The molecule has 30 heavy (non-hydrogen) atoms. The lowest BCUT2D eigenvalue weighted by atomic mass is 10.2. The molecule has 2 N–H and O–H groups in total. The van der Waals surface area contributed by atoms with Crippen molar-refractivity contribution in [3.8, 4) is 5.75 Å². The molecule has 0 spiro atoms. The van der Waals surface area contributed by atoms with E-state index < -0.39 is 22.0 Å². The molecule has 1 fully saturated rings. The molecule has 9 heteroatoms. The summed E-state index contributed by atoms with van der Waals surface area (Å²) in [6.07, 6.45) is -0.908. The van der Waals surface area contributed by atoms with Gasteiger partial charge in [0.05, 0.1) is 18.1 Å². The number of ether oxygens (including phenoxy) is 2. The maximum absolute atomic E-state index is 12.8. The van der Waals surface area contributed by atoms with Crippen molar-refractivity contribution in [2.24, 2.45) is 0 Å². The minimum atomic E-state index is -3.69. The van der Waals surface area contributed by atoms with E-state index >= 15 is 0 Å². The van der Waals surface area contributed by atoms with Crippen molar-refractivity contribution in [1.29, 1.82) is 0 Å². The molecular weight excluding hydrogens is 408 g/mol. The fourth-order valence-electron chi connectivity index (χ4n) is 3.00. The summed E-state index contributed by atoms with van der Waals surface area (Å²) >= 11 is 0. The number of nitrogens with one attached hydrogen (secondary N) is 1. The van der Waals surface area contributed by atoms with Gasteiger partial charge in [0.15, 0.2) is 0 Å². The minimum absolute atomic E-state index is 0.0227. The van der Waals surface area contributed by atoms with E-state index in [9.17, 15) is 18.3 Å². The molecule has 2 aromatic carbocycles. The molecule has 1 atom stereocenters. The fraction of sp³-hybridized carbons (Fsp3) is 0.381. The van der Waals surface area contributed by atoms with Crippen LogP contribution in [0.1, 0.15) is 15.9 Å². The van der Waals surface area contributed by atoms with Crippen LogP contribution in [0.15, 0.2) is 53.4 Å². The van der Waals surface area contributed by atoms with E-state index in [1.54, 1.807) is 6.07 Å². The lowest BCUT2D eigenvalue weighted by Crippen LogP contribution is -2.40. The third-order valence-corrected chi connectivity index (χ3v) is 6.53. The number of nitrogens with zero attached hydrogens (tertiary/aromatic N) is 1. The molecular formula is C21H26N2O6S. The van der Waals surface area contributed by atoms with Crippen LogP contribution in [0.4, 0.5) is 0 Å². The highest BCUT2D eigenvalue weighted by atomic mass is 32.2. The van der Waals surface area contributed by atoms with Crippen LogP contribution in [-0.4, -0.2) is 69.3 Å². The zero-order valence-electron chi connectivity index (χ0n) is 16.8.